The molecule has 0 bridgehead atoms. The zero-order valence-corrected chi connectivity index (χ0v) is 9.84. The maximum atomic E-state index is 2.86. The summed E-state index contributed by atoms with van der Waals surface area (Å²) in [4.78, 5) is 2.86. The molecule has 2 aliphatic heterocycles. The minimum atomic E-state index is 0.873. The summed E-state index contributed by atoms with van der Waals surface area (Å²) in [6.45, 7) is 4.75. The van der Waals surface area contributed by atoms with Gasteiger partial charge in [-0.25, -0.2) is 0 Å². The topological polar surface area (TPSA) is 3.24 Å². The zero-order valence-electron chi connectivity index (χ0n) is 9.84. The molecule has 0 radical (unpaired) electrons. The fourth-order valence-corrected chi connectivity index (χ4v) is 3.53. The minimum absolute atomic E-state index is 0.873. The highest BCUT2D eigenvalue weighted by Gasteiger charge is 2.37. The van der Waals surface area contributed by atoms with Crippen LogP contribution in [0.5, 0.6) is 0 Å². The number of unbranched alkanes of at least 4 members (excludes halogenated alkanes) is 1. The predicted octanol–water partition coefficient (Wildman–Crippen LogP) is 3.58. The number of nitrogens with zero attached hydrogens (tertiary/aromatic N) is 1. The number of rotatable bonds is 3. The molecule has 2 fully saturated rings. The molecule has 0 aliphatic carbocycles. The molecule has 2 rings (SSSR count). The molecule has 0 aromatic rings. The van der Waals surface area contributed by atoms with Gasteiger partial charge in [-0.05, 0) is 39.0 Å². The number of fused-ring (bicyclic) bond motifs is 1. The Hall–Kier alpha value is -0.0400. The van der Waals surface area contributed by atoms with Crippen molar-refractivity contribution >= 4 is 0 Å². The van der Waals surface area contributed by atoms with E-state index in [-0.39, 0.29) is 0 Å². The summed E-state index contributed by atoms with van der Waals surface area (Å²) >= 11 is 0. The third-order valence-electron chi connectivity index (χ3n) is 4.24. The van der Waals surface area contributed by atoms with Crippen LogP contribution in [0.15, 0.2) is 0 Å². The fraction of sp³-hybridized carbons (Fsp3) is 1.00. The van der Waals surface area contributed by atoms with Gasteiger partial charge in [0.05, 0.1) is 0 Å². The van der Waals surface area contributed by atoms with Gasteiger partial charge in [0.2, 0.25) is 0 Å². The van der Waals surface area contributed by atoms with Crippen LogP contribution in [0.25, 0.3) is 0 Å². The van der Waals surface area contributed by atoms with E-state index in [0.717, 1.165) is 18.1 Å². The molecule has 2 saturated heterocycles. The molecule has 1 nitrogen and oxygen atoms in total. The Morgan fingerprint density at radius 1 is 1.14 bits per heavy atom. The van der Waals surface area contributed by atoms with Crippen LogP contribution in [0, 0.1) is 0 Å². The van der Waals surface area contributed by atoms with E-state index < -0.39 is 0 Å². The number of piperidine rings is 1. The lowest BCUT2D eigenvalue weighted by Gasteiger charge is -2.39. The maximum Gasteiger partial charge on any atom is 0.0102 e. The average Bonchev–Trinajstić information content (AvgIpc) is 2.59. The lowest BCUT2D eigenvalue weighted by Crippen LogP contribution is -2.45. The third kappa shape index (κ3) is 1.98. The largest absolute Gasteiger partial charge is 0.295 e. The summed E-state index contributed by atoms with van der Waals surface area (Å²) in [6, 6.07) is 2.77. The summed E-state index contributed by atoms with van der Waals surface area (Å²) < 4.78 is 0. The summed E-state index contributed by atoms with van der Waals surface area (Å²) in [7, 11) is 0. The van der Waals surface area contributed by atoms with Crippen LogP contribution >= 0.6 is 0 Å². The van der Waals surface area contributed by atoms with Gasteiger partial charge < -0.3 is 0 Å². The summed E-state index contributed by atoms with van der Waals surface area (Å²) in [5.74, 6) is 0. The monoisotopic (exact) mass is 195 g/mol. The lowest BCUT2D eigenvalue weighted by molar-refractivity contribution is 0.0875. The molecule has 0 amide bonds. The van der Waals surface area contributed by atoms with Gasteiger partial charge >= 0.3 is 0 Å². The van der Waals surface area contributed by atoms with Crippen LogP contribution in [0.4, 0.5) is 0 Å². The molecule has 0 spiro atoms. The van der Waals surface area contributed by atoms with Crippen molar-refractivity contribution in [2.75, 3.05) is 0 Å². The predicted molar refractivity (Wildman–Crippen MR) is 61.5 cm³/mol. The Labute approximate surface area is 88.9 Å². The second-order valence-electron chi connectivity index (χ2n) is 5.25. The van der Waals surface area contributed by atoms with Gasteiger partial charge in [0, 0.05) is 18.1 Å². The first-order valence-corrected chi connectivity index (χ1v) is 6.60. The van der Waals surface area contributed by atoms with Crippen molar-refractivity contribution in [3.63, 3.8) is 0 Å². The van der Waals surface area contributed by atoms with Crippen LogP contribution in [0.2, 0.25) is 0 Å². The highest BCUT2D eigenvalue weighted by molar-refractivity contribution is 4.93. The first-order valence-electron chi connectivity index (χ1n) is 6.60. The second-order valence-corrected chi connectivity index (χ2v) is 5.25. The van der Waals surface area contributed by atoms with Crippen LogP contribution in [-0.2, 0) is 0 Å². The fourth-order valence-electron chi connectivity index (χ4n) is 3.53. The molecule has 82 valence electrons. The van der Waals surface area contributed by atoms with Gasteiger partial charge in [0.25, 0.3) is 0 Å². The lowest BCUT2D eigenvalue weighted by atomic mass is 9.97. The van der Waals surface area contributed by atoms with Crippen molar-refractivity contribution in [2.45, 2.75) is 83.3 Å². The molecule has 2 aliphatic rings. The van der Waals surface area contributed by atoms with Crippen LogP contribution in [0.3, 0.4) is 0 Å². The Bertz CT molecular complexity index is 178. The van der Waals surface area contributed by atoms with E-state index in [1.54, 1.807) is 0 Å². The molecular formula is C13H25N. The molecule has 0 N–H and O–H groups in total. The standard InChI is InChI=1S/C13H25N/c1-3-4-7-12-9-10-13-8-5-6-11(2)14(12)13/h11-13H,3-10H2,1-2H3/t11-,12-,13+/m1/s1. The minimum Gasteiger partial charge on any atom is -0.295 e. The van der Waals surface area contributed by atoms with Gasteiger partial charge in [-0.2, -0.15) is 0 Å². The van der Waals surface area contributed by atoms with Crippen molar-refractivity contribution in [1.29, 1.82) is 0 Å². The van der Waals surface area contributed by atoms with Gasteiger partial charge in [0.1, 0.15) is 0 Å². The highest BCUT2D eigenvalue weighted by Crippen LogP contribution is 2.36. The Balaban J connectivity index is 1.92. The van der Waals surface area contributed by atoms with E-state index in [9.17, 15) is 0 Å². The Morgan fingerprint density at radius 3 is 2.79 bits per heavy atom. The molecule has 3 atom stereocenters. The Kier molecular flexibility index (Phi) is 3.48. The SMILES string of the molecule is CCCC[C@@H]1CC[C@@H]2CCC[C@@H](C)N12. The molecule has 2 heterocycles. The van der Waals surface area contributed by atoms with Crippen LogP contribution in [0.1, 0.15) is 65.2 Å². The molecule has 14 heavy (non-hydrogen) atoms. The molecule has 0 aromatic carbocycles. The Morgan fingerprint density at radius 2 is 2.00 bits per heavy atom. The van der Waals surface area contributed by atoms with E-state index in [0.29, 0.717) is 0 Å². The second kappa shape index (κ2) is 4.65. The van der Waals surface area contributed by atoms with Crippen molar-refractivity contribution in [3.8, 4) is 0 Å². The summed E-state index contributed by atoms with van der Waals surface area (Å²) in [5.41, 5.74) is 0. The molecular weight excluding hydrogens is 170 g/mol. The quantitative estimate of drug-likeness (QED) is 0.665. The maximum absolute atomic E-state index is 2.86. The molecule has 0 aromatic heterocycles. The molecule has 0 saturated carbocycles. The van der Waals surface area contributed by atoms with Crippen LogP contribution < -0.4 is 0 Å². The summed E-state index contributed by atoms with van der Waals surface area (Å²) in [5, 5.41) is 0. The van der Waals surface area contributed by atoms with Gasteiger partial charge in [-0.1, -0.05) is 26.2 Å². The molecule has 1 heteroatoms. The third-order valence-corrected chi connectivity index (χ3v) is 4.24. The smallest absolute Gasteiger partial charge is 0.0102 e. The average molecular weight is 195 g/mol. The van der Waals surface area contributed by atoms with Crippen molar-refractivity contribution in [1.82, 2.24) is 4.90 Å². The molecule has 0 unspecified atom stereocenters. The van der Waals surface area contributed by atoms with Gasteiger partial charge in [-0.15, -0.1) is 0 Å². The van der Waals surface area contributed by atoms with E-state index >= 15 is 0 Å². The van der Waals surface area contributed by atoms with Crippen molar-refractivity contribution < 1.29 is 0 Å². The zero-order chi connectivity index (χ0) is 9.97. The van der Waals surface area contributed by atoms with Crippen molar-refractivity contribution in [3.05, 3.63) is 0 Å². The van der Waals surface area contributed by atoms with E-state index in [4.69, 9.17) is 0 Å². The van der Waals surface area contributed by atoms with E-state index in [1.165, 1.54) is 51.4 Å². The summed E-state index contributed by atoms with van der Waals surface area (Å²) in [6.07, 6.45) is 11.6. The number of hydrogen-bond acceptors (Lipinski definition) is 1. The normalized spacial score (nSPS) is 38.6. The van der Waals surface area contributed by atoms with Gasteiger partial charge in [-0.3, -0.25) is 4.90 Å². The van der Waals surface area contributed by atoms with Gasteiger partial charge in [0.15, 0.2) is 0 Å². The highest BCUT2D eigenvalue weighted by atomic mass is 15.2. The van der Waals surface area contributed by atoms with Crippen LogP contribution in [-0.4, -0.2) is 23.0 Å². The van der Waals surface area contributed by atoms with E-state index in [1.807, 2.05) is 0 Å². The first kappa shape index (κ1) is 10.5. The van der Waals surface area contributed by atoms with E-state index in [2.05, 4.69) is 18.7 Å². The first-order chi connectivity index (χ1) is 6.83. The van der Waals surface area contributed by atoms with Crippen molar-refractivity contribution in [2.24, 2.45) is 0 Å². The number of hydrogen-bond donors (Lipinski definition) is 0.